The number of hydrogen-bond donors (Lipinski definition) is 2. The molecule has 1 aromatic rings. The van der Waals surface area contributed by atoms with Crippen LogP contribution in [-0.4, -0.2) is 30.5 Å². The van der Waals surface area contributed by atoms with Gasteiger partial charge in [0.25, 0.3) is 5.91 Å². The summed E-state index contributed by atoms with van der Waals surface area (Å²) < 4.78 is 0. The molecule has 6 heteroatoms. The van der Waals surface area contributed by atoms with Gasteiger partial charge >= 0.3 is 0 Å². The van der Waals surface area contributed by atoms with Crippen LogP contribution in [0.3, 0.4) is 0 Å². The molecule has 1 aliphatic heterocycles. The summed E-state index contributed by atoms with van der Waals surface area (Å²) in [6, 6.07) is 0. The van der Waals surface area contributed by atoms with E-state index in [0.717, 1.165) is 37.5 Å². The quantitative estimate of drug-likeness (QED) is 0.792. The van der Waals surface area contributed by atoms with E-state index >= 15 is 0 Å². The molecule has 0 atom stereocenters. The van der Waals surface area contributed by atoms with Gasteiger partial charge in [0, 0.05) is 19.6 Å². The lowest BCUT2D eigenvalue weighted by atomic mass is 10.2. The Morgan fingerprint density at radius 2 is 2.00 bits per heavy atom. The number of nitrogens with two attached hydrogens (primary N) is 1. The molecule has 1 saturated heterocycles. The molecule has 2 rings (SSSR count). The summed E-state index contributed by atoms with van der Waals surface area (Å²) in [6.45, 7) is 4.90. The third-order valence-electron chi connectivity index (χ3n) is 3.79. The van der Waals surface area contributed by atoms with Crippen molar-refractivity contribution in [1.29, 1.82) is 0 Å². The van der Waals surface area contributed by atoms with Gasteiger partial charge in [-0.25, -0.2) is 4.98 Å². The Bertz CT molecular complexity index is 453. The fraction of sp³-hybridized carbons (Fsp3) is 0.733. The van der Waals surface area contributed by atoms with E-state index < -0.39 is 0 Å². The van der Waals surface area contributed by atoms with Crippen LogP contribution in [0.4, 0.5) is 10.9 Å². The van der Waals surface area contributed by atoms with Crippen LogP contribution in [0.5, 0.6) is 0 Å². The molecule has 2 heterocycles. The van der Waals surface area contributed by atoms with Gasteiger partial charge in [0.15, 0.2) is 5.13 Å². The third kappa shape index (κ3) is 4.59. The molecule has 3 N–H and O–H groups in total. The Hall–Kier alpha value is -1.30. The predicted octanol–water partition coefficient (Wildman–Crippen LogP) is 3.03. The SMILES string of the molecule is CCCCCNC(=O)c1sc(N2CCCCCC2)nc1N. The van der Waals surface area contributed by atoms with Gasteiger partial charge in [-0.1, -0.05) is 43.9 Å². The number of nitrogen functional groups attached to an aromatic ring is 1. The first-order valence-electron chi connectivity index (χ1n) is 8.01. The second kappa shape index (κ2) is 8.22. The molecule has 1 amide bonds. The van der Waals surface area contributed by atoms with Gasteiger partial charge in [-0.05, 0) is 19.3 Å². The zero-order valence-corrected chi connectivity index (χ0v) is 13.7. The number of hydrogen-bond acceptors (Lipinski definition) is 5. The van der Waals surface area contributed by atoms with Crippen molar-refractivity contribution in [1.82, 2.24) is 10.3 Å². The van der Waals surface area contributed by atoms with E-state index in [1.165, 1.54) is 37.0 Å². The highest BCUT2D eigenvalue weighted by atomic mass is 32.1. The standard InChI is InChI=1S/C15H26N4OS/c1-2-3-6-9-17-14(20)12-13(16)18-15(21-12)19-10-7-4-5-8-11-19/h2-11,16H2,1H3,(H,17,20). The largest absolute Gasteiger partial charge is 0.382 e. The lowest BCUT2D eigenvalue weighted by molar-refractivity contribution is 0.0957. The van der Waals surface area contributed by atoms with Crippen molar-refractivity contribution in [3.8, 4) is 0 Å². The van der Waals surface area contributed by atoms with Crippen LogP contribution >= 0.6 is 11.3 Å². The Kier molecular flexibility index (Phi) is 6.29. The third-order valence-corrected chi connectivity index (χ3v) is 4.92. The second-order valence-electron chi connectivity index (χ2n) is 5.58. The summed E-state index contributed by atoms with van der Waals surface area (Å²) in [5.74, 6) is 0.286. The van der Waals surface area contributed by atoms with Crippen LogP contribution in [0.2, 0.25) is 0 Å². The van der Waals surface area contributed by atoms with Crippen LogP contribution in [0, 0.1) is 0 Å². The summed E-state index contributed by atoms with van der Waals surface area (Å²) in [4.78, 5) is 19.4. The minimum absolute atomic E-state index is 0.0813. The first-order valence-corrected chi connectivity index (χ1v) is 8.83. The maximum atomic E-state index is 12.2. The number of amides is 1. The van der Waals surface area contributed by atoms with Gasteiger partial charge < -0.3 is 16.0 Å². The van der Waals surface area contributed by atoms with Crippen LogP contribution in [-0.2, 0) is 0 Å². The average Bonchev–Trinajstić information content (AvgIpc) is 2.70. The van der Waals surface area contributed by atoms with Gasteiger partial charge in [0.2, 0.25) is 0 Å². The molecule has 0 aliphatic carbocycles. The van der Waals surface area contributed by atoms with E-state index in [-0.39, 0.29) is 5.91 Å². The number of nitrogens with zero attached hydrogens (tertiary/aromatic N) is 2. The molecule has 1 aliphatic rings. The Morgan fingerprint density at radius 3 is 2.67 bits per heavy atom. The maximum Gasteiger partial charge on any atom is 0.265 e. The van der Waals surface area contributed by atoms with Crippen molar-refractivity contribution >= 4 is 28.2 Å². The number of nitrogens with one attached hydrogen (secondary N) is 1. The van der Waals surface area contributed by atoms with Crippen molar-refractivity contribution in [2.24, 2.45) is 0 Å². The molecule has 0 unspecified atom stereocenters. The van der Waals surface area contributed by atoms with Crippen LogP contribution in [0.15, 0.2) is 0 Å². The number of carbonyl (C=O) groups is 1. The van der Waals surface area contributed by atoms with Crippen LogP contribution in [0.1, 0.15) is 61.5 Å². The Morgan fingerprint density at radius 1 is 1.29 bits per heavy atom. The highest BCUT2D eigenvalue weighted by Crippen LogP contribution is 2.29. The number of carbonyl (C=O) groups excluding carboxylic acids is 1. The molecular formula is C15H26N4OS. The molecule has 0 saturated carbocycles. The zero-order valence-electron chi connectivity index (χ0n) is 12.9. The van der Waals surface area contributed by atoms with Gasteiger partial charge in [-0.3, -0.25) is 4.79 Å². The summed E-state index contributed by atoms with van der Waals surface area (Å²) >= 11 is 1.42. The van der Waals surface area contributed by atoms with Gasteiger partial charge in [-0.2, -0.15) is 0 Å². The average molecular weight is 310 g/mol. The summed E-state index contributed by atoms with van der Waals surface area (Å²) in [5.41, 5.74) is 5.93. The molecule has 1 aromatic heterocycles. The first kappa shape index (κ1) is 16.1. The predicted molar refractivity (Wildman–Crippen MR) is 89.1 cm³/mol. The van der Waals surface area contributed by atoms with Crippen molar-refractivity contribution in [2.45, 2.75) is 51.9 Å². The highest BCUT2D eigenvalue weighted by molar-refractivity contribution is 7.18. The number of rotatable bonds is 6. The molecule has 0 bridgehead atoms. The van der Waals surface area contributed by atoms with Gasteiger partial charge in [0.05, 0.1) is 0 Å². The maximum absolute atomic E-state index is 12.2. The minimum Gasteiger partial charge on any atom is -0.382 e. The second-order valence-corrected chi connectivity index (χ2v) is 6.55. The Labute approximate surface area is 130 Å². The minimum atomic E-state index is -0.0813. The zero-order chi connectivity index (χ0) is 15.1. The van der Waals surface area contributed by atoms with E-state index in [2.05, 4.69) is 22.1 Å². The van der Waals surface area contributed by atoms with Crippen molar-refractivity contribution in [3.63, 3.8) is 0 Å². The number of unbranched alkanes of at least 4 members (excludes halogenated alkanes) is 2. The number of thiazole rings is 1. The Balaban J connectivity index is 1.95. The summed E-state index contributed by atoms with van der Waals surface area (Å²) in [6.07, 6.45) is 8.25. The summed E-state index contributed by atoms with van der Waals surface area (Å²) in [7, 11) is 0. The molecule has 5 nitrogen and oxygen atoms in total. The molecule has 1 fully saturated rings. The number of anilines is 2. The molecule has 0 aromatic carbocycles. The topological polar surface area (TPSA) is 71.2 Å². The first-order chi connectivity index (χ1) is 10.2. The van der Waals surface area contributed by atoms with Gasteiger partial charge in [-0.15, -0.1) is 0 Å². The number of aromatic nitrogens is 1. The van der Waals surface area contributed by atoms with Crippen LogP contribution < -0.4 is 16.0 Å². The lowest BCUT2D eigenvalue weighted by Gasteiger charge is -2.18. The van der Waals surface area contributed by atoms with E-state index in [9.17, 15) is 4.79 Å². The van der Waals surface area contributed by atoms with E-state index in [0.29, 0.717) is 17.2 Å². The van der Waals surface area contributed by atoms with Crippen LogP contribution in [0.25, 0.3) is 0 Å². The van der Waals surface area contributed by atoms with Gasteiger partial charge in [0.1, 0.15) is 10.7 Å². The molecular weight excluding hydrogens is 284 g/mol. The molecule has 0 spiro atoms. The van der Waals surface area contributed by atoms with Crippen molar-refractivity contribution in [3.05, 3.63) is 4.88 Å². The fourth-order valence-electron chi connectivity index (χ4n) is 2.54. The van der Waals surface area contributed by atoms with Crippen molar-refractivity contribution < 1.29 is 4.79 Å². The molecule has 118 valence electrons. The highest BCUT2D eigenvalue weighted by Gasteiger charge is 2.20. The summed E-state index contributed by atoms with van der Waals surface area (Å²) in [5, 5.41) is 3.83. The lowest BCUT2D eigenvalue weighted by Crippen LogP contribution is -2.24. The smallest absolute Gasteiger partial charge is 0.265 e. The molecule has 0 radical (unpaired) electrons. The molecule has 21 heavy (non-hydrogen) atoms. The van der Waals surface area contributed by atoms with E-state index in [1.54, 1.807) is 0 Å². The normalized spacial score (nSPS) is 15.8. The van der Waals surface area contributed by atoms with Crippen molar-refractivity contribution in [2.75, 3.05) is 30.3 Å². The van der Waals surface area contributed by atoms with E-state index in [1.807, 2.05) is 0 Å². The monoisotopic (exact) mass is 310 g/mol. The van der Waals surface area contributed by atoms with E-state index in [4.69, 9.17) is 5.73 Å². The fourth-order valence-corrected chi connectivity index (χ4v) is 3.49.